The summed E-state index contributed by atoms with van der Waals surface area (Å²) >= 11 is 3.21. The zero-order valence-electron chi connectivity index (χ0n) is 11.3. The third-order valence-electron chi connectivity index (χ3n) is 3.02. The first-order valence-electron chi connectivity index (χ1n) is 6.41. The highest BCUT2D eigenvalue weighted by Crippen LogP contribution is 2.29. The molecule has 6 heteroatoms. The van der Waals surface area contributed by atoms with Crippen molar-refractivity contribution in [2.45, 2.75) is 10.6 Å². The van der Waals surface area contributed by atoms with Crippen LogP contribution in [0.1, 0.15) is 20.9 Å². The van der Waals surface area contributed by atoms with Crippen LogP contribution in [-0.4, -0.2) is 16.1 Å². The summed E-state index contributed by atoms with van der Waals surface area (Å²) in [6.45, 7) is 0. The summed E-state index contributed by atoms with van der Waals surface area (Å²) in [4.78, 5) is 16.5. The Hall–Kier alpha value is -2.36. The lowest BCUT2D eigenvalue weighted by Crippen LogP contribution is -1.94. The van der Waals surface area contributed by atoms with E-state index < -0.39 is 5.97 Å². The Bertz CT molecular complexity index is 879. The van der Waals surface area contributed by atoms with Crippen molar-refractivity contribution in [3.63, 3.8) is 0 Å². The first-order valence-corrected chi connectivity index (χ1v) is 8.21. The van der Waals surface area contributed by atoms with Gasteiger partial charge in [-0.05, 0) is 42.5 Å². The number of aromatic carboxylic acids is 1. The average Bonchev–Trinajstić information content (AvgIpc) is 2.95. The van der Waals surface area contributed by atoms with E-state index in [4.69, 9.17) is 10.4 Å². The first-order chi connectivity index (χ1) is 10.7. The normalized spacial score (nSPS) is 10.5. The Labute approximate surface area is 135 Å². The van der Waals surface area contributed by atoms with Gasteiger partial charge in [0.2, 0.25) is 0 Å². The molecule has 0 amide bonds. The maximum Gasteiger partial charge on any atom is 0.335 e. The van der Waals surface area contributed by atoms with Crippen LogP contribution in [0.2, 0.25) is 0 Å². The number of carbonyl (C=O) groups is 1. The Balaban J connectivity index is 1.76. The monoisotopic (exact) mass is 326 g/mol. The molecule has 0 aliphatic rings. The van der Waals surface area contributed by atoms with Crippen LogP contribution in [0.25, 0.3) is 10.2 Å². The summed E-state index contributed by atoms with van der Waals surface area (Å²) in [6.07, 6.45) is 0. The van der Waals surface area contributed by atoms with Crippen molar-refractivity contribution in [1.29, 1.82) is 5.26 Å². The summed E-state index contributed by atoms with van der Waals surface area (Å²) in [6, 6.07) is 14.5. The third-order valence-corrected chi connectivity index (χ3v) is 5.27. The lowest BCUT2D eigenvalue weighted by molar-refractivity contribution is 0.0697. The molecule has 0 aliphatic heterocycles. The molecule has 0 bridgehead atoms. The second kappa shape index (κ2) is 6.18. The molecule has 1 heterocycles. The van der Waals surface area contributed by atoms with Crippen molar-refractivity contribution in [2.75, 3.05) is 0 Å². The molecule has 22 heavy (non-hydrogen) atoms. The van der Waals surface area contributed by atoms with E-state index in [0.29, 0.717) is 11.3 Å². The highest BCUT2D eigenvalue weighted by atomic mass is 32.2. The zero-order valence-corrected chi connectivity index (χ0v) is 12.9. The second-order valence-electron chi connectivity index (χ2n) is 4.52. The fraction of sp³-hybridized carbons (Fsp3) is 0.0625. The lowest BCUT2D eigenvalue weighted by atomic mass is 10.2. The number of fused-ring (bicyclic) bond motifs is 1. The van der Waals surface area contributed by atoms with Gasteiger partial charge in [-0.1, -0.05) is 0 Å². The quantitative estimate of drug-likeness (QED) is 0.729. The molecule has 0 atom stereocenters. The molecule has 0 radical (unpaired) electrons. The SMILES string of the molecule is N#Cc1ccc(SCc2nc3cc(C(=O)O)ccc3s2)cc1. The highest BCUT2D eigenvalue weighted by Gasteiger charge is 2.08. The van der Waals surface area contributed by atoms with Crippen LogP contribution in [0.4, 0.5) is 0 Å². The number of carboxylic acids is 1. The van der Waals surface area contributed by atoms with E-state index in [1.165, 1.54) is 0 Å². The second-order valence-corrected chi connectivity index (χ2v) is 6.68. The molecule has 0 saturated carbocycles. The van der Waals surface area contributed by atoms with Crippen molar-refractivity contribution in [1.82, 2.24) is 4.98 Å². The number of nitrogens with zero attached hydrogens (tertiary/aromatic N) is 2. The van der Waals surface area contributed by atoms with Crippen molar-refractivity contribution in [3.05, 3.63) is 58.6 Å². The van der Waals surface area contributed by atoms with Gasteiger partial charge in [0, 0.05) is 4.90 Å². The van der Waals surface area contributed by atoms with Crippen LogP contribution in [0.15, 0.2) is 47.4 Å². The Kier molecular flexibility index (Phi) is 4.09. The molecule has 1 aromatic heterocycles. The summed E-state index contributed by atoms with van der Waals surface area (Å²) in [5.74, 6) is -0.225. The molecule has 0 saturated heterocycles. The Morgan fingerprint density at radius 3 is 2.73 bits per heavy atom. The summed E-state index contributed by atoms with van der Waals surface area (Å²) in [5, 5.41) is 18.7. The smallest absolute Gasteiger partial charge is 0.335 e. The van der Waals surface area contributed by atoms with E-state index in [1.807, 2.05) is 12.1 Å². The van der Waals surface area contributed by atoms with Gasteiger partial charge in [-0.3, -0.25) is 0 Å². The molecular weight excluding hydrogens is 316 g/mol. The molecule has 1 N–H and O–H groups in total. The zero-order chi connectivity index (χ0) is 15.5. The first kappa shape index (κ1) is 14.6. The molecule has 0 unspecified atom stereocenters. The fourth-order valence-corrected chi connectivity index (χ4v) is 3.78. The molecule has 2 aromatic carbocycles. The predicted molar refractivity (Wildman–Crippen MR) is 87.3 cm³/mol. The van der Waals surface area contributed by atoms with Gasteiger partial charge in [-0.25, -0.2) is 9.78 Å². The maximum absolute atomic E-state index is 11.0. The molecule has 108 valence electrons. The number of thioether (sulfide) groups is 1. The van der Waals surface area contributed by atoms with E-state index in [-0.39, 0.29) is 5.56 Å². The average molecular weight is 326 g/mol. The van der Waals surface area contributed by atoms with Crippen LogP contribution in [0, 0.1) is 11.3 Å². The number of hydrogen-bond donors (Lipinski definition) is 1. The predicted octanol–water partition coefficient (Wildman–Crippen LogP) is 4.16. The van der Waals surface area contributed by atoms with Gasteiger partial charge in [-0.15, -0.1) is 23.1 Å². The van der Waals surface area contributed by atoms with Gasteiger partial charge in [-0.2, -0.15) is 5.26 Å². The van der Waals surface area contributed by atoms with Gasteiger partial charge >= 0.3 is 5.97 Å². The van der Waals surface area contributed by atoms with Crippen molar-refractivity contribution in [2.24, 2.45) is 0 Å². The number of carboxylic acid groups (broad SMARTS) is 1. The number of hydrogen-bond acceptors (Lipinski definition) is 5. The molecule has 3 aromatic rings. The molecular formula is C16H10N2O2S2. The molecule has 0 fully saturated rings. The maximum atomic E-state index is 11.0. The fourth-order valence-electron chi connectivity index (χ4n) is 1.94. The van der Waals surface area contributed by atoms with Crippen molar-refractivity contribution >= 4 is 39.3 Å². The van der Waals surface area contributed by atoms with Crippen molar-refractivity contribution in [3.8, 4) is 6.07 Å². The van der Waals surface area contributed by atoms with Crippen LogP contribution in [0.3, 0.4) is 0 Å². The minimum atomic E-state index is -0.941. The number of rotatable bonds is 4. The topological polar surface area (TPSA) is 74.0 Å². The summed E-state index contributed by atoms with van der Waals surface area (Å²) in [5.41, 5.74) is 1.62. The van der Waals surface area contributed by atoms with Crippen LogP contribution < -0.4 is 0 Å². The van der Waals surface area contributed by atoms with Crippen LogP contribution >= 0.6 is 23.1 Å². The number of nitriles is 1. The van der Waals surface area contributed by atoms with Gasteiger partial charge in [0.05, 0.1) is 33.2 Å². The van der Waals surface area contributed by atoms with Crippen molar-refractivity contribution < 1.29 is 9.90 Å². The van der Waals surface area contributed by atoms with Crippen LogP contribution in [0.5, 0.6) is 0 Å². The van der Waals surface area contributed by atoms with Gasteiger partial charge in [0.1, 0.15) is 5.01 Å². The highest BCUT2D eigenvalue weighted by molar-refractivity contribution is 7.98. The number of benzene rings is 2. The van der Waals surface area contributed by atoms with E-state index in [9.17, 15) is 4.79 Å². The van der Waals surface area contributed by atoms with E-state index in [0.717, 1.165) is 20.1 Å². The minimum absolute atomic E-state index is 0.254. The van der Waals surface area contributed by atoms with Gasteiger partial charge < -0.3 is 5.11 Å². The number of thiazole rings is 1. The Morgan fingerprint density at radius 1 is 1.27 bits per heavy atom. The minimum Gasteiger partial charge on any atom is -0.478 e. The molecule has 0 spiro atoms. The van der Waals surface area contributed by atoms with Gasteiger partial charge in [0.25, 0.3) is 0 Å². The third kappa shape index (κ3) is 3.11. The standard InChI is InChI=1S/C16H10N2O2S2/c17-8-10-1-4-12(5-2-10)21-9-15-18-13-7-11(16(19)20)3-6-14(13)22-15/h1-7H,9H2,(H,19,20). The summed E-state index contributed by atoms with van der Waals surface area (Å²) in [7, 11) is 0. The van der Waals surface area contributed by atoms with E-state index in [2.05, 4.69) is 11.1 Å². The van der Waals surface area contributed by atoms with E-state index >= 15 is 0 Å². The largest absolute Gasteiger partial charge is 0.478 e. The molecule has 0 aliphatic carbocycles. The molecule has 4 nitrogen and oxygen atoms in total. The summed E-state index contributed by atoms with van der Waals surface area (Å²) < 4.78 is 0.987. The lowest BCUT2D eigenvalue weighted by Gasteiger charge is -1.98. The van der Waals surface area contributed by atoms with Crippen LogP contribution in [-0.2, 0) is 5.75 Å². The number of aromatic nitrogens is 1. The Morgan fingerprint density at radius 2 is 2.05 bits per heavy atom. The van der Waals surface area contributed by atoms with E-state index in [1.54, 1.807) is 53.4 Å². The molecule has 3 rings (SSSR count). The van der Waals surface area contributed by atoms with Gasteiger partial charge in [0.15, 0.2) is 0 Å².